The minimum Gasteiger partial charge on any atom is -0.495 e. The molecule has 0 unspecified atom stereocenters. The first kappa shape index (κ1) is 21.2. The maximum absolute atomic E-state index is 5.46. The van der Waals surface area contributed by atoms with Gasteiger partial charge in [0, 0.05) is 36.2 Å². The molecule has 10 heteroatoms. The van der Waals surface area contributed by atoms with Crippen LogP contribution in [0.2, 0.25) is 0 Å². The van der Waals surface area contributed by atoms with Crippen molar-refractivity contribution in [2.45, 2.75) is 20.3 Å². The summed E-state index contributed by atoms with van der Waals surface area (Å²) in [5, 5.41) is 9.68. The molecule has 0 fully saturated rings. The number of imidazole rings is 1. The lowest BCUT2D eigenvalue weighted by Gasteiger charge is -2.15. The van der Waals surface area contributed by atoms with Crippen molar-refractivity contribution in [3.05, 3.63) is 59.9 Å². The highest BCUT2D eigenvalue weighted by Gasteiger charge is 2.09. The van der Waals surface area contributed by atoms with Crippen LogP contribution >= 0.6 is 12.2 Å². The smallest absolute Gasteiger partial charge is 0.229 e. The van der Waals surface area contributed by atoms with Crippen molar-refractivity contribution in [1.29, 1.82) is 0 Å². The number of para-hydroxylation sites is 2. The number of aryl methyl sites for hydroxylation is 2. The molecule has 4 N–H and O–H groups in total. The summed E-state index contributed by atoms with van der Waals surface area (Å²) in [6.45, 7) is 4.34. The molecule has 3 rings (SSSR count). The number of aromatic amines is 1. The highest BCUT2D eigenvalue weighted by Crippen LogP contribution is 2.22. The van der Waals surface area contributed by atoms with E-state index in [4.69, 9.17) is 17.0 Å². The second-order valence-corrected chi connectivity index (χ2v) is 6.84. The van der Waals surface area contributed by atoms with Gasteiger partial charge in [-0.05, 0) is 44.3 Å². The van der Waals surface area contributed by atoms with Gasteiger partial charge in [-0.25, -0.2) is 15.0 Å². The number of anilines is 2. The summed E-state index contributed by atoms with van der Waals surface area (Å²) in [5.41, 5.74) is 3.46. The third kappa shape index (κ3) is 6.24. The van der Waals surface area contributed by atoms with E-state index >= 15 is 0 Å². The molecular weight excluding hydrogens is 400 g/mol. The zero-order chi connectivity index (χ0) is 21.3. The fourth-order valence-electron chi connectivity index (χ4n) is 2.72. The van der Waals surface area contributed by atoms with Gasteiger partial charge in [0.1, 0.15) is 5.75 Å². The van der Waals surface area contributed by atoms with Crippen LogP contribution in [0.4, 0.5) is 11.6 Å². The predicted molar refractivity (Wildman–Crippen MR) is 122 cm³/mol. The Morgan fingerprint density at radius 1 is 1.17 bits per heavy atom. The van der Waals surface area contributed by atoms with Crippen LogP contribution in [-0.4, -0.2) is 44.7 Å². The molecule has 9 nitrogen and oxygen atoms in total. The largest absolute Gasteiger partial charge is 0.495 e. The summed E-state index contributed by atoms with van der Waals surface area (Å²) in [7, 11) is 1.61. The molecule has 0 aliphatic carbocycles. The highest BCUT2D eigenvalue weighted by molar-refractivity contribution is 7.80. The number of guanidine groups is 1. The van der Waals surface area contributed by atoms with E-state index in [1.807, 2.05) is 44.2 Å². The van der Waals surface area contributed by atoms with E-state index in [0.717, 1.165) is 22.8 Å². The Balaban J connectivity index is 1.72. The summed E-state index contributed by atoms with van der Waals surface area (Å²) in [6, 6.07) is 9.42. The number of aromatic nitrogens is 4. The predicted octanol–water partition coefficient (Wildman–Crippen LogP) is 2.82. The van der Waals surface area contributed by atoms with Crippen LogP contribution in [0, 0.1) is 13.8 Å². The second-order valence-electron chi connectivity index (χ2n) is 6.44. The maximum Gasteiger partial charge on any atom is 0.229 e. The summed E-state index contributed by atoms with van der Waals surface area (Å²) < 4.78 is 5.35. The number of hydrogen-bond acceptors (Lipinski definition) is 6. The second kappa shape index (κ2) is 10.3. The molecule has 0 radical (unpaired) electrons. The van der Waals surface area contributed by atoms with E-state index in [9.17, 15) is 0 Å². The maximum atomic E-state index is 5.46. The van der Waals surface area contributed by atoms with Crippen LogP contribution in [0.3, 0.4) is 0 Å². The van der Waals surface area contributed by atoms with Crippen molar-refractivity contribution in [2.24, 2.45) is 4.99 Å². The minimum atomic E-state index is 0.358. The van der Waals surface area contributed by atoms with Crippen LogP contribution in [0.1, 0.15) is 17.1 Å². The molecule has 0 aliphatic heterocycles. The number of benzene rings is 1. The molecule has 1 aromatic carbocycles. The SMILES string of the molecule is COc1ccccc1NC(=S)NC(=NCCc1cnc[nH]1)Nc1nc(C)cc(C)n1. The Kier molecular flexibility index (Phi) is 7.28. The molecule has 2 heterocycles. The standard InChI is InChI=1S/C20H24N8OS/c1-13-10-14(2)25-19(24-13)27-18(22-9-8-15-11-21-12-23-15)28-20(30)26-16-6-4-5-7-17(16)29-3/h4-7,10-12H,8-9H2,1-3H3,(H,21,23)(H3,22,24,25,26,27,28,30). The zero-order valence-corrected chi connectivity index (χ0v) is 17.9. The topological polar surface area (TPSA) is 112 Å². The van der Waals surface area contributed by atoms with Gasteiger partial charge in [0.15, 0.2) is 5.11 Å². The first-order valence-corrected chi connectivity index (χ1v) is 9.76. The number of nitrogens with zero attached hydrogens (tertiary/aromatic N) is 4. The molecule has 30 heavy (non-hydrogen) atoms. The lowest BCUT2D eigenvalue weighted by atomic mass is 10.3. The Morgan fingerprint density at radius 2 is 1.93 bits per heavy atom. The minimum absolute atomic E-state index is 0.358. The molecule has 0 bridgehead atoms. The van der Waals surface area contributed by atoms with Crippen LogP contribution in [0.25, 0.3) is 0 Å². The lowest BCUT2D eigenvalue weighted by molar-refractivity contribution is 0.417. The van der Waals surface area contributed by atoms with Gasteiger partial charge in [-0.15, -0.1) is 0 Å². The van der Waals surface area contributed by atoms with Crippen molar-refractivity contribution in [2.75, 3.05) is 24.3 Å². The van der Waals surface area contributed by atoms with E-state index in [2.05, 4.69) is 40.9 Å². The van der Waals surface area contributed by atoms with Gasteiger partial charge < -0.3 is 20.4 Å². The summed E-state index contributed by atoms with van der Waals surface area (Å²) >= 11 is 5.46. The summed E-state index contributed by atoms with van der Waals surface area (Å²) in [6.07, 6.45) is 4.12. The average molecular weight is 425 g/mol. The monoisotopic (exact) mass is 424 g/mol. The number of methoxy groups -OCH3 is 1. The van der Waals surface area contributed by atoms with Crippen molar-refractivity contribution < 1.29 is 4.74 Å². The van der Waals surface area contributed by atoms with E-state index in [0.29, 0.717) is 35.7 Å². The number of H-pyrrole nitrogens is 1. The lowest BCUT2D eigenvalue weighted by Crippen LogP contribution is -2.39. The van der Waals surface area contributed by atoms with E-state index in [1.54, 1.807) is 19.6 Å². The Hall–Kier alpha value is -3.53. The fourth-order valence-corrected chi connectivity index (χ4v) is 2.92. The molecule has 0 spiro atoms. The normalized spacial score (nSPS) is 11.1. The number of ether oxygens (including phenoxy) is 1. The quantitative estimate of drug-likeness (QED) is 0.272. The molecule has 0 saturated heterocycles. The van der Waals surface area contributed by atoms with Gasteiger partial charge in [-0.2, -0.15) is 0 Å². The van der Waals surface area contributed by atoms with Crippen LogP contribution in [0.15, 0.2) is 47.8 Å². The Labute approximate surface area is 180 Å². The molecule has 0 atom stereocenters. The van der Waals surface area contributed by atoms with Crippen LogP contribution in [-0.2, 0) is 6.42 Å². The third-order valence-corrected chi connectivity index (χ3v) is 4.21. The molecule has 0 aliphatic rings. The molecule has 0 saturated carbocycles. The van der Waals surface area contributed by atoms with Crippen molar-refractivity contribution in [3.8, 4) is 5.75 Å². The van der Waals surface area contributed by atoms with Gasteiger partial charge in [0.2, 0.25) is 11.9 Å². The highest BCUT2D eigenvalue weighted by atomic mass is 32.1. The zero-order valence-electron chi connectivity index (χ0n) is 17.1. The average Bonchev–Trinajstić information content (AvgIpc) is 3.21. The third-order valence-electron chi connectivity index (χ3n) is 4.01. The van der Waals surface area contributed by atoms with Crippen molar-refractivity contribution in [1.82, 2.24) is 25.3 Å². The number of aliphatic imine (C=N–C) groups is 1. The first-order valence-electron chi connectivity index (χ1n) is 9.35. The number of nitrogens with one attached hydrogen (secondary N) is 4. The van der Waals surface area contributed by atoms with Gasteiger partial charge in [-0.3, -0.25) is 10.3 Å². The van der Waals surface area contributed by atoms with Gasteiger partial charge in [-0.1, -0.05) is 12.1 Å². The molecule has 3 aromatic rings. The van der Waals surface area contributed by atoms with Gasteiger partial charge >= 0.3 is 0 Å². The molecule has 2 aromatic heterocycles. The summed E-state index contributed by atoms with van der Waals surface area (Å²) in [5.74, 6) is 1.57. The molecular formula is C20H24N8OS. The fraction of sp³-hybridized carbons (Fsp3) is 0.250. The number of thiocarbonyl (C=S) groups is 1. The Morgan fingerprint density at radius 3 is 2.63 bits per heavy atom. The molecule has 0 amide bonds. The number of rotatable bonds is 6. The first-order chi connectivity index (χ1) is 14.5. The number of hydrogen-bond donors (Lipinski definition) is 4. The molecule has 156 valence electrons. The van der Waals surface area contributed by atoms with Crippen molar-refractivity contribution >= 4 is 34.9 Å². The van der Waals surface area contributed by atoms with E-state index < -0.39 is 0 Å². The summed E-state index contributed by atoms with van der Waals surface area (Å²) in [4.78, 5) is 20.5. The van der Waals surface area contributed by atoms with E-state index in [-0.39, 0.29) is 0 Å². The van der Waals surface area contributed by atoms with Crippen LogP contribution < -0.4 is 20.7 Å². The van der Waals surface area contributed by atoms with Gasteiger partial charge in [0.25, 0.3) is 0 Å². The van der Waals surface area contributed by atoms with E-state index in [1.165, 1.54) is 0 Å². The van der Waals surface area contributed by atoms with Gasteiger partial charge in [0.05, 0.1) is 19.1 Å². The Bertz CT molecular complexity index is 999. The van der Waals surface area contributed by atoms with Crippen molar-refractivity contribution in [3.63, 3.8) is 0 Å². The van der Waals surface area contributed by atoms with Crippen LogP contribution in [0.5, 0.6) is 5.75 Å².